The van der Waals surface area contributed by atoms with Crippen LogP contribution in [0.1, 0.15) is 23.6 Å². The van der Waals surface area contributed by atoms with Crippen LogP contribution in [0, 0.1) is 13.8 Å². The zero-order valence-corrected chi connectivity index (χ0v) is 8.70. The van der Waals surface area contributed by atoms with E-state index in [0.29, 0.717) is 12.1 Å². The minimum atomic E-state index is 0.280. The molecule has 0 atom stereocenters. The third-order valence-electron chi connectivity index (χ3n) is 2.28. The maximum Gasteiger partial charge on any atom is 0.116 e. The molecular formula is C11H15NO2. The van der Waals surface area contributed by atoms with Gasteiger partial charge >= 0.3 is 0 Å². The van der Waals surface area contributed by atoms with E-state index in [9.17, 15) is 5.11 Å². The standard InChI is InChI=1S/C11H15NO2/c1-7-4-10(13)5-8(2)11(7)6-9(3)12-14/h4-5,13-14H,6H2,1-3H3/b12-9+. The van der Waals surface area contributed by atoms with Gasteiger partial charge in [0.2, 0.25) is 0 Å². The highest BCUT2D eigenvalue weighted by atomic mass is 16.4. The van der Waals surface area contributed by atoms with Crippen LogP contribution >= 0.6 is 0 Å². The van der Waals surface area contributed by atoms with Crippen molar-refractivity contribution in [2.24, 2.45) is 5.16 Å². The smallest absolute Gasteiger partial charge is 0.116 e. The van der Waals surface area contributed by atoms with Crippen LogP contribution in [0.25, 0.3) is 0 Å². The number of hydrogen-bond acceptors (Lipinski definition) is 3. The van der Waals surface area contributed by atoms with E-state index in [0.717, 1.165) is 16.7 Å². The summed E-state index contributed by atoms with van der Waals surface area (Å²) in [6.07, 6.45) is 0.619. The van der Waals surface area contributed by atoms with Gasteiger partial charge in [0.05, 0.1) is 5.71 Å². The minimum Gasteiger partial charge on any atom is -0.508 e. The van der Waals surface area contributed by atoms with Crippen LogP contribution in [0.3, 0.4) is 0 Å². The molecule has 76 valence electrons. The van der Waals surface area contributed by atoms with E-state index in [1.807, 2.05) is 13.8 Å². The van der Waals surface area contributed by atoms with E-state index in [1.165, 1.54) is 0 Å². The molecule has 1 aromatic carbocycles. The van der Waals surface area contributed by atoms with Gasteiger partial charge in [-0.2, -0.15) is 0 Å². The number of nitrogens with zero attached hydrogens (tertiary/aromatic N) is 1. The molecule has 0 saturated carbocycles. The number of benzene rings is 1. The summed E-state index contributed by atoms with van der Waals surface area (Å²) >= 11 is 0. The van der Waals surface area contributed by atoms with Gasteiger partial charge in [-0.3, -0.25) is 0 Å². The summed E-state index contributed by atoms with van der Waals surface area (Å²) in [5, 5.41) is 21.0. The molecule has 14 heavy (non-hydrogen) atoms. The largest absolute Gasteiger partial charge is 0.508 e. The Bertz CT molecular complexity index is 347. The fourth-order valence-corrected chi connectivity index (χ4v) is 1.54. The second kappa shape index (κ2) is 4.13. The van der Waals surface area contributed by atoms with E-state index in [1.54, 1.807) is 19.1 Å². The fraction of sp³-hybridized carbons (Fsp3) is 0.364. The molecule has 3 nitrogen and oxygen atoms in total. The molecule has 0 fully saturated rings. The van der Waals surface area contributed by atoms with Crippen molar-refractivity contribution in [3.63, 3.8) is 0 Å². The molecule has 0 aliphatic rings. The van der Waals surface area contributed by atoms with Crippen LogP contribution in [0.15, 0.2) is 17.3 Å². The molecule has 0 unspecified atom stereocenters. The normalized spacial score (nSPS) is 11.8. The summed E-state index contributed by atoms with van der Waals surface area (Å²) in [5.41, 5.74) is 3.82. The molecule has 0 radical (unpaired) electrons. The van der Waals surface area contributed by atoms with Crippen molar-refractivity contribution in [2.75, 3.05) is 0 Å². The Balaban J connectivity index is 3.09. The van der Waals surface area contributed by atoms with Crippen LogP contribution < -0.4 is 0 Å². The lowest BCUT2D eigenvalue weighted by Crippen LogP contribution is -2.02. The number of phenolic OH excluding ortho intramolecular Hbond substituents is 1. The van der Waals surface area contributed by atoms with Crippen molar-refractivity contribution < 1.29 is 10.3 Å². The maximum absolute atomic E-state index is 9.33. The highest BCUT2D eigenvalue weighted by molar-refractivity contribution is 5.84. The molecular weight excluding hydrogens is 178 g/mol. The average molecular weight is 193 g/mol. The summed E-state index contributed by atoms with van der Waals surface area (Å²) < 4.78 is 0. The van der Waals surface area contributed by atoms with Crippen LogP contribution in [0.2, 0.25) is 0 Å². The fourth-order valence-electron chi connectivity index (χ4n) is 1.54. The monoisotopic (exact) mass is 193 g/mol. The van der Waals surface area contributed by atoms with Crippen LogP contribution in [0.5, 0.6) is 5.75 Å². The van der Waals surface area contributed by atoms with E-state index < -0.39 is 0 Å². The van der Waals surface area contributed by atoms with Crippen molar-refractivity contribution in [3.8, 4) is 5.75 Å². The minimum absolute atomic E-state index is 0.280. The van der Waals surface area contributed by atoms with Crippen molar-refractivity contribution in [1.82, 2.24) is 0 Å². The van der Waals surface area contributed by atoms with Crippen molar-refractivity contribution in [2.45, 2.75) is 27.2 Å². The Hall–Kier alpha value is -1.51. The lowest BCUT2D eigenvalue weighted by atomic mass is 9.98. The molecule has 0 heterocycles. The van der Waals surface area contributed by atoms with E-state index >= 15 is 0 Å². The van der Waals surface area contributed by atoms with Crippen molar-refractivity contribution >= 4 is 5.71 Å². The number of phenols is 1. The first kappa shape index (κ1) is 10.6. The Labute approximate surface area is 83.7 Å². The second-order valence-electron chi connectivity index (χ2n) is 3.57. The first-order valence-corrected chi connectivity index (χ1v) is 4.51. The molecule has 0 aliphatic heterocycles. The molecule has 0 amide bonds. The van der Waals surface area contributed by atoms with E-state index in [2.05, 4.69) is 5.16 Å². The third kappa shape index (κ3) is 2.25. The zero-order valence-electron chi connectivity index (χ0n) is 8.70. The molecule has 0 spiro atoms. The first-order chi connectivity index (χ1) is 6.54. The maximum atomic E-state index is 9.33. The molecule has 0 saturated heterocycles. The predicted octanol–water partition coefficient (Wildman–Crippen LogP) is 2.40. The Morgan fingerprint density at radius 1 is 1.29 bits per heavy atom. The lowest BCUT2D eigenvalue weighted by molar-refractivity contribution is 0.317. The summed E-state index contributed by atoms with van der Waals surface area (Å²) in [6.45, 7) is 5.64. The topological polar surface area (TPSA) is 52.8 Å². The molecule has 1 rings (SSSR count). The van der Waals surface area contributed by atoms with Crippen LogP contribution in [-0.4, -0.2) is 16.0 Å². The van der Waals surface area contributed by atoms with E-state index in [4.69, 9.17) is 5.21 Å². The van der Waals surface area contributed by atoms with Crippen molar-refractivity contribution in [3.05, 3.63) is 28.8 Å². The summed E-state index contributed by atoms with van der Waals surface area (Å²) in [4.78, 5) is 0. The van der Waals surface area contributed by atoms with E-state index in [-0.39, 0.29) is 5.75 Å². The van der Waals surface area contributed by atoms with Gasteiger partial charge in [-0.05, 0) is 49.6 Å². The molecule has 3 heteroatoms. The van der Waals surface area contributed by atoms with Gasteiger partial charge in [0.25, 0.3) is 0 Å². The number of aryl methyl sites for hydroxylation is 2. The van der Waals surface area contributed by atoms with Gasteiger partial charge in [-0.1, -0.05) is 5.16 Å². The Morgan fingerprint density at radius 3 is 2.21 bits per heavy atom. The molecule has 0 aliphatic carbocycles. The van der Waals surface area contributed by atoms with Gasteiger partial charge in [-0.25, -0.2) is 0 Å². The summed E-state index contributed by atoms with van der Waals surface area (Å²) in [7, 11) is 0. The van der Waals surface area contributed by atoms with Crippen LogP contribution in [-0.2, 0) is 6.42 Å². The number of oxime groups is 1. The van der Waals surface area contributed by atoms with Gasteiger partial charge in [0, 0.05) is 6.42 Å². The molecule has 0 bridgehead atoms. The molecule has 0 aromatic heterocycles. The van der Waals surface area contributed by atoms with Crippen LogP contribution in [0.4, 0.5) is 0 Å². The Kier molecular flexibility index (Phi) is 3.12. The van der Waals surface area contributed by atoms with Gasteiger partial charge in [-0.15, -0.1) is 0 Å². The number of hydrogen-bond donors (Lipinski definition) is 2. The van der Waals surface area contributed by atoms with Gasteiger partial charge in [0.1, 0.15) is 5.75 Å². The lowest BCUT2D eigenvalue weighted by Gasteiger charge is -2.09. The average Bonchev–Trinajstić information content (AvgIpc) is 2.10. The zero-order chi connectivity index (χ0) is 10.7. The predicted molar refractivity (Wildman–Crippen MR) is 56.2 cm³/mol. The molecule has 1 aromatic rings. The third-order valence-corrected chi connectivity index (χ3v) is 2.28. The first-order valence-electron chi connectivity index (χ1n) is 4.51. The highest BCUT2D eigenvalue weighted by Crippen LogP contribution is 2.21. The summed E-state index contributed by atoms with van der Waals surface area (Å²) in [5.74, 6) is 0.280. The summed E-state index contributed by atoms with van der Waals surface area (Å²) in [6, 6.07) is 3.43. The second-order valence-corrected chi connectivity index (χ2v) is 3.57. The molecule has 2 N–H and O–H groups in total. The van der Waals surface area contributed by atoms with Gasteiger partial charge < -0.3 is 10.3 Å². The van der Waals surface area contributed by atoms with Gasteiger partial charge in [0.15, 0.2) is 0 Å². The quantitative estimate of drug-likeness (QED) is 0.430. The Morgan fingerprint density at radius 2 is 1.79 bits per heavy atom. The number of rotatable bonds is 2. The SMILES string of the molecule is C/C(Cc1c(C)cc(O)cc1C)=N\O. The van der Waals surface area contributed by atoms with Crippen molar-refractivity contribution in [1.29, 1.82) is 0 Å². The highest BCUT2D eigenvalue weighted by Gasteiger charge is 2.06. The number of aromatic hydroxyl groups is 1.